The summed E-state index contributed by atoms with van der Waals surface area (Å²) in [7, 11) is 0. The van der Waals surface area contributed by atoms with Crippen LogP contribution in [0.3, 0.4) is 0 Å². The number of hydrogen-bond acceptors (Lipinski definition) is 2. The molecule has 1 heterocycles. The number of alkyl halides is 3. The molecule has 1 aromatic rings. The van der Waals surface area contributed by atoms with Gasteiger partial charge in [-0.25, -0.2) is 0 Å². The standard InChI is InChI=1S/C11H12F3NO/c1-7-4-5-15-9-6-8(11(12,13)14)2-3-10(9)16-7/h2-3,6-7,15H,4-5H2,1H3. The zero-order chi connectivity index (χ0) is 11.8. The molecule has 2 rings (SSSR count). The molecule has 88 valence electrons. The number of hydrogen-bond donors (Lipinski definition) is 1. The molecular weight excluding hydrogens is 219 g/mol. The first-order valence-corrected chi connectivity index (χ1v) is 5.08. The van der Waals surface area contributed by atoms with Crippen LogP contribution in [-0.2, 0) is 6.18 Å². The lowest BCUT2D eigenvalue weighted by atomic mass is 10.2. The van der Waals surface area contributed by atoms with Crippen LogP contribution in [0.2, 0.25) is 0 Å². The molecule has 5 heteroatoms. The lowest BCUT2D eigenvalue weighted by Crippen LogP contribution is -2.12. The monoisotopic (exact) mass is 231 g/mol. The van der Waals surface area contributed by atoms with E-state index in [-0.39, 0.29) is 6.10 Å². The van der Waals surface area contributed by atoms with Crippen molar-refractivity contribution in [3.63, 3.8) is 0 Å². The summed E-state index contributed by atoms with van der Waals surface area (Å²) in [6, 6.07) is 3.50. The quantitative estimate of drug-likeness (QED) is 0.739. The SMILES string of the molecule is CC1CCNc2cc(C(F)(F)F)ccc2O1. The van der Waals surface area contributed by atoms with Gasteiger partial charge in [0.05, 0.1) is 17.4 Å². The van der Waals surface area contributed by atoms with Crippen LogP contribution < -0.4 is 10.1 Å². The third-order valence-corrected chi connectivity index (χ3v) is 2.50. The molecule has 1 unspecified atom stereocenters. The van der Waals surface area contributed by atoms with Crippen molar-refractivity contribution < 1.29 is 17.9 Å². The van der Waals surface area contributed by atoms with E-state index in [1.807, 2.05) is 6.92 Å². The summed E-state index contributed by atoms with van der Waals surface area (Å²) in [6.07, 6.45) is -3.52. The van der Waals surface area contributed by atoms with Crippen LogP contribution in [-0.4, -0.2) is 12.6 Å². The minimum absolute atomic E-state index is 0.0190. The fourth-order valence-electron chi connectivity index (χ4n) is 1.63. The Labute approximate surface area is 91.4 Å². The van der Waals surface area contributed by atoms with Gasteiger partial charge < -0.3 is 10.1 Å². The maximum absolute atomic E-state index is 12.5. The average Bonchev–Trinajstić information content (AvgIpc) is 2.35. The largest absolute Gasteiger partial charge is 0.488 e. The van der Waals surface area contributed by atoms with Crippen molar-refractivity contribution >= 4 is 5.69 Å². The normalized spacial score (nSPS) is 20.4. The number of nitrogens with one attached hydrogen (secondary N) is 1. The minimum atomic E-state index is -4.31. The molecule has 0 aromatic heterocycles. The molecule has 16 heavy (non-hydrogen) atoms. The van der Waals surface area contributed by atoms with E-state index in [4.69, 9.17) is 4.74 Å². The molecule has 0 fully saturated rings. The van der Waals surface area contributed by atoms with Gasteiger partial charge in [0.1, 0.15) is 5.75 Å². The highest BCUT2D eigenvalue weighted by Crippen LogP contribution is 2.36. The van der Waals surface area contributed by atoms with Gasteiger partial charge in [-0.15, -0.1) is 0 Å². The highest BCUT2D eigenvalue weighted by molar-refractivity contribution is 5.59. The Bertz CT molecular complexity index is 389. The molecule has 1 N–H and O–H groups in total. The molecule has 1 aromatic carbocycles. The van der Waals surface area contributed by atoms with Crippen molar-refractivity contribution in [2.45, 2.75) is 25.6 Å². The van der Waals surface area contributed by atoms with E-state index in [0.29, 0.717) is 18.0 Å². The molecule has 0 aliphatic carbocycles. The molecule has 2 nitrogen and oxygen atoms in total. The lowest BCUT2D eigenvalue weighted by molar-refractivity contribution is -0.137. The Balaban J connectivity index is 2.35. The maximum atomic E-state index is 12.5. The number of benzene rings is 1. The highest BCUT2D eigenvalue weighted by atomic mass is 19.4. The van der Waals surface area contributed by atoms with Gasteiger partial charge in [0, 0.05) is 13.0 Å². The van der Waals surface area contributed by atoms with Gasteiger partial charge in [-0.05, 0) is 25.1 Å². The number of halogens is 3. The third kappa shape index (κ3) is 2.23. The summed E-state index contributed by atoms with van der Waals surface area (Å²) < 4.78 is 42.9. The molecule has 1 aliphatic rings. The number of rotatable bonds is 0. The molecule has 0 saturated heterocycles. The van der Waals surface area contributed by atoms with Crippen LogP contribution in [0.15, 0.2) is 18.2 Å². The van der Waals surface area contributed by atoms with Gasteiger partial charge in [-0.1, -0.05) is 0 Å². The summed E-state index contributed by atoms with van der Waals surface area (Å²) in [5.41, 5.74) is -0.240. The minimum Gasteiger partial charge on any atom is -0.488 e. The predicted molar refractivity (Wildman–Crippen MR) is 54.6 cm³/mol. The number of ether oxygens (including phenoxy) is 1. The summed E-state index contributed by atoms with van der Waals surface area (Å²) in [5.74, 6) is 0.484. The number of anilines is 1. The second-order valence-corrected chi connectivity index (χ2v) is 3.85. The lowest BCUT2D eigenvalue weighted by Gasteiger charge is -2.13. The molecule has 1 atom stereocenters. The summed E-state index contributed by atoms with van der Waals surface area (Å²) >= 11 is 0. The molecule has 1 aliphatic heterocycles. The van der Waals surface area contributed by atoms with E-state index >= 15 is 0 Å². The van der Waals surface area contributed by atoms with E-state index in [1.165, 1.54) is 6.07 Å². The summed E-state index contributed by atoms with van der Waals surface area (Å²) in [4.78, 5) is 0. The van der Waals surface area contributed by atoms with E-state index < -0.39 is 11.7 Å². The molecular formula is C11H12F3NO. The van der Waals surface area contributed by atoms with Crippen molar-refractivity contribution in [1.29, 1.82) is 0 Å². The molecule has 0 radical (unpaired) electrons. The third-order valence-electron chi connectivity index (χ3n) is 2.50. The Morgan fingerprint density at radius 3 is 2.81 bits per heavy atom. The zero-order valence-electron chi connectivity index (χ0n) is 8.77. The topological polar surface area (TPSA) is 21.3 Å². The first-order valence-electron chi connectivity index (χ1n) is 5.08. The second kappa shape index (κ2) is 3.88. The summed E-state index contributed by atoms with van der Waals surface area (Å²) in [6.45, 7) is 2.52. The molecule has 0 amide bonds. The van der Waals surface area contributed by atoms with Crippen LogP contribution >= 0.6 is 0 Å². The van der Waals surface area contributed by atoms with E-state index in [0.717, 1.165) is 18.6 Å². The number of fused-ring (bicyclic) bond motifs is 1. The van der Waals surface area contributed by atoms with Crippen molar-refractivity contribution in [3.05, 3.63) is 23.8 Å². The summed E-state index contributed by atoms with van der Waals surface area (Å²) in [5, 5.41) is 2.94. The predicted octanol–water partition coefficient (Wildman–Crippen LogP) is 3.29. The van der Waals surface area contributed by atoms with Crippen LogP contribution in [0, 0.1) is 0 Å². The van der Waals surface area contributed by atoms with Crippen molar-refractivity contribution in [1.82, 2.24) is 0 Å². The first-order chi connectivity index (χ1) is 7.47. The molecule has 0 spiro atoms. The van der Waals surface area contributed by atoms with Crippen LogP contribution in [0.1, 0.15) is 18.9 Å². The van der Waals surface area contributed by atoms with Gasteiger partial charge in [0.2, 0.25) is 0 Å². The molecule has 0 bridgehead atoms. The van der Waals surface area contributed by atoms with Gasteiger partial charge >= 0.3 is 6.18 Å². The van der Waals surface area contributed by atoms with Crippen LogP contribution in [0.5, 0.6) is 5.75 Å². The van der Waals surface area contributed by atoms with E-state index in [9.17, 15) is 13.2 Å². The fraction of sp³-hybridized carbons (Fsp3) is 0.455. The van der Waals surface area contributed by atoms with Gasteiger partial charge in [0.25, 0.3) is 0 Å². The van der Waals surface area contributed by atoms with Gasteiger partial charge in [-0.2, -0.15) is 13.2 Å². The Hall–Kier alpha value is -1.39. The Morgan fingerprint density at radius 2 is 2.12 bits per heavy atom. The fourth-order valence-corrected chi connectivity index (χ4v) is 1.63. The average molecular weight is 231 g/mol. The van der Waals surface area contributed by atoms with E-state index in [1.54, 1.807) is 0 Å². The van der Waals surface area contributed by atoms with Crippen molar-refractivity contribution in [3.8, 4) is 5.75 Å². The van der Waals surface area contributed by atoms with Gasteiger partial charge in [-0.3, -0.25) is 0 Å². The highest BCUT2D eigenvalue weighted by Gasteiger charge is 2.31. The maximum Gasteiger partial charge on any atom is 0.416 e. The first kappa shape index (κ1) is 11.1. The molecule has 0 saturated carbocycles. The Kier molecular flexibility index (Phi) is 2.69. The van der Waals surface area contributed by atoms with Crippen LogP contribution in [0.25, 0.3) is 0 Å². The van der Waals surface area contributed by atoms with Crippen LogP contribution in [0.4, 0.5) is 18.9 Å². The second-order valence-electron chi connectivity index (χ2n) is 3.85. The smallest absolute Gasteiger partial charge is 0.416 e. The van der Waals surface area contributed by atoms with Crippen molar-refractivity contribution in [2.75, 3.05) is 11.9 Å². The van der Waals surface area contributed by atoms with Gasteiger partial charge in [0.15, 0.2) is 0 Å². The zero-order valence-corrected chi connectivity index (χ0v) is 8.77. The Morgan fingerprint density at radius 1 is 1.38 bits per heavy atom. The van der Waals surface area contributed by atoms with E-state index in [2.05, 4.69) is 5.32 Å². The van der Waals surface area contributed by atoms with Crippen molar-refractivity contribution in [2.24, 2.45) is 0 Å².